The Kier molecular flexibility index (Phi) is 8.47. The lowest BCUT2D eigenvalue weighted by atomic mass is 9.92. The fourth-order valence-electron chi connectivity index (χ4n) is 7.54. The second-order valence-electron chi connectivity index (χ2n) is 13.8. The molecule has 0 radical (unpaired) electrons. The maximum absolute atomic E-state index is 5.34. The first-order valence-corrected chi connectivity index (χ1v) is 18.8. The smallest absolute Gasteiger partial charge is 0.164 e. The van der Waals surface area contributed by atoms with Crippen LogP contribution in [-0.4, -0.2) is 19.9 Å². The minimum absolute atomic E-state index is 0.623. The zero-order valence-corrected chi connectivity index (χ0v) is 30.4. The Morgan fingerprint density at radius 1 is 0.250 bits per heavy atom. The predicted octanol–water partition coefficient (Wildman–Crippen LogP) is 13.2. The number of nitrogens with zero attached hydrogens (tertiary/aromatic N) is 4. The molecule has 0 atom stereocenters. The molecule has 8 aromatic carbocycles. The van der Waals surface area contributed by atoms with Gasteiger partial charge in [-0.05, 0) is 45.5 Å². The first-order valence-electron chi connectivity index (χ1n) is 18.8. The molecule has 262 valence electrons. The summed E-state index contributed by atoms with van der Waals surface area (Å²) in [6, 6.07) is 71.7. The van der Waals surface area contributed by atoms with Crippen LogP contribution in [0.25, 0.3) is 100 Å². The molecule has 0 aliphatic rings. The lowest BCUT2D eigenvalue weighted by Gasteiger charge is -2.15. The third-order valence-electron chi connectivity index (χ3n) is 10.3. The van der Waals surface area contributed by atoms with E-state index in [9.17, 15) is 0 Å². The van der Waals surface area contributed by atoms with E-state index in [0.717, 1.165) is 66.5 Å². The maximum Gasteiger partial charge on any atom is 0.164 e. The normalized spacial score (nSPS) is 11.2. The summed E-state index contributed by atoms with van der Waals surface area (Å²) < 4.78 is 0. The van der Waals surface area contributed by atoms with Gasteiger partial charge >= 0.3 is 0 Å². The lowest BCUT2D eigenvalue weighted by molar-refractivity contribution is 1.07. The first-order chi connectivity index (χ1) is 27.7. The topological polar surface area (TPSA) is 51.6 Å². The van der Waals surface area contributed by atoms with E-state index in [1.165, 1.54) is 16.5 Å². The van der Waals surface area contributed by atoms with E-state index in [-0.39, 0.29) is 0 Å². The van der Waals surface area contributed by atoms with Gasteiger partial charge in [0, 0.05) is 38.4 Å². The standard InChI is InChI=1S/C52H34N4/c1-5-15-35(16-6-1)41-23-13-24-43(33-41)52-55-50(39-21-11-4-12-22-39)54-51(56-52)40-29-27-36(28-30-40)42-31-32-45-47(34-42)53-49(38-19-9-3-10-20-38)46-26-14-25-44(48(45)46)37-17-7-2-8-18-37/h1-34H. The van der Waals surface area contributed by atoms with Crippen LogP contribution < -0.4 is 0 Å². The number of pyridine rings is 1. The maximum atomic E-state index is 5.34. The highest BCUT2D eigenvalue weighted by Gasteiger charge is 2.17. The summed E-state index contributed by atoms with van der Waals surface area (Å²) in [6.45, 7) is 0. The number of rotatable bonds is 7. The Hall–Kier alpha value is -7.56. The molecule has 0 spiro atoms. The second kappa shape index (κ2) is 14.3. The average molecular weight is 715 g/mol. The molecule has 0 fully saturated rings. The predicted molar refractivity (Wildman–Crippen MR) is 231 cm³/mol. The SMILES string of the molecule is c1ccc(-c2cccc(-c3nc(-c4ccccc4)nc(-c4ccc(-c5ccc6c(c5)nc(-c5ccccc5)c5cccc(-c7ccccc7)c56)cc4)n3)c2)cc1. The van der Waals surface area contributed by atoms with Gasteiger partial charge in [0.25, 0.3) is 0 Å². The molecular formula is C52H34N4. The van der Waals surface area contributed by atoms with E-state index < -0.39 is 0 Å². The molecule has 10 rings (SSSR count). The van der Waals surface area contributed by atoms with Crippen LogP contribution in [0.1, 0.15) is 0 Å². The Morgan fingerprint density at radius 2 is 0.696 bits per heavy atom. The summed E-state index contributed by atoms with van der Waals surface area (Å²) in [6.07, 6.45) is 0. The van der Waals surface area contributed by atoms with Gasteiger partial charge in [-0.15, -0.1) is 0 Å². The van der Waals surface area contributed by atoms with Gasteiger partial charge in [-0.25, -0.2) is 19.9 Å². The van der Waals surface area contributed by atoms with Crippen molar-refractivity contribution in [1.29, 1.82) is 0 Å². The van der Waals surface area contributed by atoms with Gasteiger partial charge in [0.05, 0.1) is 11.2 Å². The molecule has 0 aliphatic heterocycles. The summed E-state index contributed by atoms with van der Waals surface area (Å²) in [5.41, 5.74) is 12.6. The molecular weight excluding hydrogens is 681 g/mol. The lowest BCUT2D eigenvalue weighted by Crippen LogP contribution is -2.00. The fourth-order valence-corrected chi connectivity index (χ4v) is 7.54. The van der Waals surface area contributed by atoms with Gasteiger partial charge < -0.3 is 0 Å². The third-order valence-corrected chi connectivity index (χ3v) is 10.3. The number of benzene rings is 8. The highest BCUT2D eigenvalue weighted by atomic mass is 15.0. The van der Waals surface area contributed by atoms with Crippen molar-refractivity contribution >= 4 is 21.7 Å². The quantitative estimate of drug-likeness (QED) is 0.154. The van der Waals surface area contributed by atoms with Crippen LogP contribution in [0.5, 0.6) is 0 Å². The number of aromatic nitrogens is 4. The second-order valence-corrected chi connectivity index (χ2v) is 13.8. The van der Waals surface area contributed by atoms with Crippen molar-refractivity contribution in [1.82, 2.24) is 19.9 Å². The van der Waals surface area contributed by atoms with Crippen molar-refractivity contribution in [3.8, 4) is 78.8 Å². The molecule has 0 N–H and O–H groups in total. The molecule has 2 aromatic heterocycles. The Labute approximate surface area is 325 Å². The van der Waals surface area contributed by atoms with Gasteiger partial charge in [-0.2, -0.15) is 0 Å². The molecule has 0 unspecified atom stereocenters. The van der Waals surface area contributed by atoms with Crippen LogP contribution in [0.3, 0.4) is 0 Å². The summed E-state index contributed by atoms with van der Waals surface area (Å²) >= 11 is 0. The minimum atomic E-state index is 0.623. The largest absolute Gasteiger partial charge is 0.247 e. The van der Waals surface area contributed by atoms with E-state index in [2.05, 4.69) is 164 Å². The molecule has 4 nitrogen and oxygen atoms in total. The van der Waals surface area contributed by atoms with Gasteiger partial charge in [-0.1, -0.05) is 194 Å². The van der Waals surface area contributed by atoms with Crippen LogP contribution in [-0.2, 0) is 0 Å². The molecule has 56 heavy (non-hydrogen) atoms. The van der Waals surface area contributed by atoms with Crippen molar-refractivity contribution in [3.05, 3.63) is 206 Å². The molecule has 2 heterocycles. The van der Waals surface area contributed by atoms with Crippen LogP contribution in [0, 0.1) is 0 Å². The molecule has 4 heteroatoms. The molecule has 10 aromatic rings. The molecule has 0 saturated carbocycles. The Balaban J connectivity index is 1.07. The van der Waals surface area contributed by atoms with Crippen molar-refractivity contribution in [2.75, 3.05) is 0 Å². The minimum Gasteiger partial charge on any atom is -0.247 e. The van der Waals surface area contributed by atoms with E-state index >= 15 is 0 Å². The van der Waals surface area contributed by atoms with Crippen molar-refractivity contribution in [2.45, 2.75) is 0 Å². The van der Waals surface area contributed by atoms with Gasteiger partial charge in [0.1, 0.15) is 0 Å². The molecule has 0 saturated heterocycles. The summed E-state index contributed by atoms with van der Waals surface area (Å²) in [4.78, 5) is 20.3. The van der Waals surface area contributed by atoms with Crippen molar-refractivity contribution < 1.29 is 0 Å². The number of hydrogen-bond acceptors (Lipinski definition) is 4. The first kappa shape index (κ1) is 33.0. The highest BCUT2D eigenvalue weighted by Crippen LogP contribution is 2.40. The zero-order valence-electron chi connectivity index (χ0n) is 30.4. The van der Waals surface area contributed by atoms with Gasteiger partial charge in [0.2, 0.25) is 0 Å². The summed E-state index contributed by atoms with van der Waals surface area (Å²) in [5, 5.41) is 3.47. The summed E-state index contributed by atoms with van der Waals surface area (Å²) in [5.74, 6) is 1.89. The Morgan fingerprint density at radius 3 is 1.36 bits per heavy atom. The van der Waals surface area contributed by atoms with Gasteiger partial charge in [0.15, 0.2) is 17.5 Å². The molecule has 0 amide bonds. The number of hydrogen-bond donors (Lipinski definition) is 0. The number of fused-ring (bicyclic) bond motifs is 3. The van der Waals surface area contributed by atoms with Crippen LogP contribution in [0.2, 0.25) is 0 Å². The van der Waals surface area contributed by atoms with Crippen LogP contribution in [0.15, 0.2) is 206 Å². The van der Waals surface area contributed by atoms with Crippen LogP contribution in [0.4, 0.5) is 0 Å². The Bertz CT molecular complexity index is 2980. The van der Waals surface area contributed by atoms with E-state index in [1.54, 1.807) is 0 Å². The van der Waals surface area contributed by atoms with Crippen molar-refractivity contribution in [2.24, 2.45) is 0 Å². The molecule has 0 aliphatic carbocycles. The summed E-state index contributed by atoms with van der Waals surface area (Å²) in [7, 11) is 0. The van der Waals surface area contributed by atoms with Gasteiger partial charge in [-0.3, -0.25) is 0 Å². The third kappa shape index (κ3) is 6.29. The fraction of sp³-hybridized carbons (Fsp3) is 0. The van der Waals surface area contributed by atoms with E-state index in [4.69, 9.17) is 19.9 Å². The van der Waals surface area contributed by atoms with Crippen molar-refractivity contribution in [3.63, 3.8) is 0 Å². The van der Waals surface area contributed by atoms with E-state index in [1.807, 2.05) is 42.5 Å². The highest BCUT2D eigenvalue weighted by molar-refractivity contribution is 6.17. The monoisotopic (exact) mass is 714 g/mol. The van der Waals surface area contributed by atoms with E-state index in [0.29, 0.717) is 17.5 Å². The average Bonchev–Trinajstić information content (AvgIpc) is 3.29. The molecule has 0 bridgehead atoms. The zero-order chi connectivity index (χ0) is 37.3. The van der Waals surface area contributed by atoms with Crippen LogP contribution >= 0.6 is 0 Å².